The molecule has 1 amide bonds. The van der Waals surface area contributed by atoms with Crippen LogP contribution in [0.15, 0.2) is 17.3 Å². The van der Waals surface area contributed by atoms with Gasteiger partial charge in [0.25, 0.3) is 0 Å². The summed E-state index contributed by atoms with van der Waals surface area (Å²) in [4.78, 5) is 141. The first-order valence-electron chi connectivity index (χ1n) is 22.5. The van der Waals surface area contributed by atoms with Crippen LogP contribution < -0.4 is 0 Å². The van der Waals surface area contributed by atoms with Crippen LogP contribution in [0.1, 0.15) is 105 Å². The number of aromatic nitrogens is 3. The van der Waals surface area contributed by atoms with E-state index in [0.29, 0.717) is 80.0 Å². The number of aldehydes is 1. The molecule has 71 heavy (non-hydrogen) atoms. The number of methoxy groups -OCH3 is 8. The van der Waals surface area contributed by atoms with Gasteiger partial charge in [-0.1, -0.05) is 0 Å². The van der Waals surface area contributed by atoms with Gasteiger partial charge in [-0.25, -0.2) is 0 Å². The predicted octanol–water partition coefficient (Wildman–Crippen LogP) is 2.35. The number of hydrogen-bond donors (Lipinski definition) is 3. The molecule has 0 spiro atoms. The fourth-order valence-electron chi connectivity index (χ4n) is 9.16. The first kappa shape index (κ1) is 56.1. The van der Waals surface area contributed by atoms with Crippen LogP contribution in [-0.2, 0) is 139 Å². The van der Waals surface area contributed by atoms with Crippen LogP contribution in [0.25, 0.3) is 0 Å². The van der Waals surface area contributed by atoms with Crippen molar-refractivity contribution in [2.45, 2.75) is 102 Å². The van der Waals surface area contributed by atoms with Gasteiger partial charge < -0.3 is 57.7 Å². The van der Waals surface area contributed by atoms with Crippen LogP contribution in [0.2, 0.25) is 0 Å². The Bertz CT molecular complexity index is 2510. The zero-order chi connectivity index (χ0) is 52.4. The Kier molecular flexibility index (Phi) is 20.9. The molecule has 1 aliphatic heterocycles. The number of H-pyrrole nitrogens is 3. The molecular weight excluding hydrogens is 933 g/mol. The SMILES string of the molecule is COC(=O)CCC1=C(CC(=O)OC)C(Cc2[nH]cc(CC(=O)OC)c2CCC(=O)OC)(Cc2[nH]c(Cc3[nH]c(C=O)c(CCC(=O)OC)c3CC(=O)OC)c(CCC(=O)OC)c2CC(=O)OC)N(C=O)C1. The van der Waals surface area contributed by atoms with Gasteiger partial charge in [0.05, 0.1) is 93.8 Å². The quantitative estimate of drug-likeness (QED) is 0.0407. The number of rotatable bonds is 28. The molecule has 22 heteroatoms. The minimum absolute atomic E-state index is 0.0154. The van der Waals surface area contributed by atoms with E-state index in [4.69, 9.17) is 37.9 Å². The average molecular weight is 995 g/mol. The van der Waals surface area contributed by atoms with Crippen molar-refractivity contribution in [3.63, 3.8) is 0 Å². The molecule has 3 aromatic rings. The summed E-state index contributed by atoms with van der Waals surface area (Å²) in [5.41, 5.74) is 3.60. The molecule has 0 saturated heterocycles. The van der Waals surface area contributed by atoms with Crippen LogP contribution in [0.5, 0.6) is 0 Å². The highest BCUT2D eigenvalue weighted by Gasteiger charge is 2.49. The third-order valence-corrected chi connectivity index (χ3v) is 12.8. The second kappa shape index (κ2) is 26.5. The summed E-state index contributed by atoms with van der Waals surface area (Å²) >= 11 is 0. The van der Waals surface area contributed by atoms with Crippen molar-refractivity contribution in [1.82, 2.24) is 19.9 Å². The van der Waals surface area contributed by atoms with Crippen LogP contribution >= 0.6 is 0 Å². The normalized spacial score (nSPS) is 14.1. The number of aromatic amines is 3. The summed E-state index contributed by atoms with van der Waals surface area (Å²) in [7, 11) is 9.74. The number of carbonyl (C=O) groups excluding carboxylic acids is 10. The molecule has 0 saturated carbocycles. The molecule has 0 radical (unpaired) electrons. The maximum atomic E-state index is 13.7. The lowest BCUT2D eigenvalue weighted by Crippen LogP contribution is -2.50. The largest absolute Gasteiger partial charge is 0.469 e. The molecule has 1 unspecified atom stereocenters. The summed E-state index contributed by atoms with van der Waals surface area (Å²) in [6.45, 7) is -0.0721. The molecule has 0 aliphatic carbocycles. The van der Waals surface area contributed by atoms with Gasteiger partial charge in [0.2, 0.25) is 6.41 Å². The highest BCUT2D eigenvalue weighted by Crippen LogP contribution is 2.45. The summed E-state index contributed by atoms with van der Waals surface area (Å²) in [6, 6.07) is 0. The lowest BCUT2D eigenvalue weighted by atomic mass is 9.77. The number of carbonyl (C=O) groups is 10. The Morgan fingerprint density at radius 3 is 1.45 bits per heavy atom. The minimum Gasteiger partial charge on any atom is -0.469 e. The number of amides is 1. The van der Waals surface area contributed by atoms with Crippen molar-refractivity contribution >= 4 is 60.5 Å². The minimum atomic E-state index is -1.55. The van der Waals surface area contributed by atoms with Crippen molar-refractivity contribution in [2.75, 3.05) is 63.4 Å². The zero-order valence-corrected chi connectivity index (χ0v) is 41.3. The monoisotopic (exact) mass is 994 g/mol. The summed E-state index contributed by atoms with van der Waals surface area (Å²) in [5.74, 6) is -4.84. The summed E-state index contributed by atoms with van der Waals surface area (Å²) in [5, 5.41) is 0. The Morgan fingerprint density at radius 2 is 0.944 bits per heavy atom. The Labute approximate surface area is 409 Å². The highest BCUT2D eigenvalue weighted by atomic mass is 16.5. The van der Waals surface area contributed by atoms with E-state index in [1.54, 1.807) is 6.20 Å². The topological polar surface area (TPSA) is 295 Å². The van der Waals surface area contributed by atoms with E-state index in [1.165, 1.54) is 61.8 Å². The molecule has 386 valence electrons. The number of nitrogens with zero attached hydrogens (tertiary/aromatic N) is 1. The third kappa shape index (κ3) is 14.1. The van der Waals surface area contributed by atoms with Crippen molar-refractivity contribution in [3.8, 4) is 0 Å². The second-order valence-corrected chi connectivity index (χ2v) is 16.6. The Hall–Kier alpha value is -7.52. The average Bonchev–Trinajstić information content (AvgIpc) is 4.09. The molecule has 3 N–H and O–H groups in total. The maximum Gasteiger partial charge on any atom is 0.310 e. The van der Waals surface area contributed by atoms with E-state index in [-0.39, 0.29) is 109 Å². The molecule has 0 aromatic carbocycles. The van der Waals surface area contributed by atoms with Crippen molar-refractivity contribution in [2.24, 2.45) is 0 Å². The number of nitrogens with one attached hydrogen (secondary N) is 3. The lowest BCUT2D eigenvalue weighted by Gasteiger charge is -2.39. The third-order valence-electron chi connectivity index (χ3n) is 12.8. The zero-order valence-electron chi connectivity index (χ0n) is 41.3. The first-order chi connectivity index (χ1) is 34.0. The van der Waals surface area contributed by atoms with Crippen molar-refractivity contribution in [3.05, 3.63) is 79.2 Å². The maximum absolute atomic E-state index is 13.7. The van der Waals surface area contributed by atoms with Gasteiger partial charge >= 0.3 is 47.8 Å². The van der Waals surface area contributed by atoms with Gasteiger partial charge in [-0.3, -0.25) is 47.9 Å². The van der Waals surface area contributed by atoms with Crippen LogP contribution in [0, 0.1) is 0 Å². The van der Waals surface area contributed by atoms with E-state index >= 15 is 0 Å². The fraction of sp³-hybridized carbons (Fsp3) is 0.510. The molecule has 0 bridgehead atoms. The molecular formula is C49H62N4O18. The number of esters is 8. The van der Waals surface area contributed by atoms with Crippen molar-refractivity contribution in [1.29, 1.82) is 0 Å². The van der Waals surface area contributed by atoms with E-state index < -0.39 is 53.3 Å². The van der Waals surface area contributed by atoms with Crippen LogP contribution in [-0.4, -0.2) is 149 Å². The molecule has 0 fully saturated rings. The Morgan fingerprint density at radius 1 is 0.507 bits per heavy atom. The van der Waals surface area contributed by atoms with Gasteiger partial charge in [0, 0.05) is 80.5 Å². The van der Waals surface area contributed by atoms with E-state index in [0.717, 1.165) is 0 Å². The molecule has 1 aliphatic rings. The molecule has 4 heterocycles. The molecule has 3 aromatic heterocycles. The van der Waals surface area contributed by atoms with E-state index in [1.807, 2.05) is 0 Å². The standard InChI is InChI=1S/C49H62N4O18/c1-64-41(56)13-9-28-25-53(27-55)49(35(28)20-48(63)71-8,22-38-30(10-14-42(57)65-2)29(24-50-38)17-45(60)68-5)23-39-34(19-47(62)70-7)31(11-15-43(58)66-3)36(51-39)21-37-33(18-46(61)69-6)32(40(26-54)52-37)12-16-44(59)67-4/h24,26-27,50-52H,9-23,25H2,1-8H3. The van der Waals surface area contributed by atoms with Gasteiger partial charge in [-0.2, -0.15) is 0 Å². The predicted molar refractivity (Wildman–Crippen MR) is 247 cm³/mol. The van der Waals surface area contributed by atoms with Gasteiger partial charge in [-0.15, -0.1) is 0 Å². The molecule has 4 rings (SSSR count). The summed E-state index contributed by atoms with van der Waals surface area (Å²) < 4.78 is 40.1. The van der Waals surface area contributed by atoms with Crippen molar-refractivity contribution < 1.29 is 85.8 Å². The summed E-state index contributed by atoms with van der Waals surface area (Å²) in [6.07, 6.45) is 0.733. The van der Waals surface area contributed by atoms with Crippen LogP contribution in [0.4, 0.5) is 0 Å². The molecule has 1 atom stereocenters. The van der Waals surface area contributed by atoms with Gasteiger partial charge in [0.1, 0.15) is 0 Å². The first-order valence-corrected chi connectivity index (χ1v) is 22.5. The highest BCUT2D eigenvalue weighted by molar-refractivity contribution is 5.81. The Balaban J connectivity index is 2.13. The second-order valence-electron chi connectivity index (χ2n) is 16.6. The molecule has 22 nitrogen and oxygen atoms in total. The smallest absolute Gasteiger partial charge is 0.310 e. The number of ether oxygens (including phenoxy) is 8. The van der Waals surface area contributed by atoms with E-state index in [9.17, 15) is 47.9 Å². The fourth-order valence-corrected chi connectivity index (χ4v) is 9.16. The van der Waals surface area contributed by atoms with Gasteiger partial charge in [-0.05, 0) is 70.2 Å². The lowest BCUT2D eigenvalue weighted by molar-refractivity contribution is -0.141. The van der Waals surface area contributed by atoms with Crippen LogP contribution in [0.3, 0.4) is 0 Å². The number of hydrogen-bond acceptors (Lipinski definition) is 18. The van der Waals surface area contributed by atoms with E-state index in [2.05, 4.69) is 15.0 Å². The van der Waals surface area contributed by atoms with Gasteiger partial charge in [0.15, 0.2) is 6.29 Å².